The van der Waals surface area contributed by atoms with E-state index < -0.39 is 0 Å². The Morgan fingerprint density at radius 3 is 2.70 bits per heavy atom. The van der Waals surface area contributed by atoms with Crippen LogP contribution >= 0.6 is 15.9 Å². The zero-order valence-corrected chi connectivity index (χ0v) is 14.4. The van der Waals surface area contributed by atoms with Crippen LogP contribution in [0.3, 0.4) is 0 Å². The largest absolute Gasteiger partial charge is 0.348 e. The second-order valence-electron chi connectivity index (χ2n) is 6.52. The molecule has 2 rings (SSSR count). The van der Waals surface area contributed by atoms with Crippen LogP contribution in [0.25, 0.3) is 0 Å². The maximum Gasteiger partial charge on any atom is 0.268 e. The number of carbonyl (C=O) groups excluding carboxylic acids is 1. The van der Waals surface area contributed by atoms with Crippen molar-refractivity contribution in [1.29, 1.82) is 0 Å². The molecule has 0 radical (unpaired) electrons. The van der Waals surface area contributed by atoms with Crippen molar-refractivity contribution >= 4 is 21.8 Å². The highest BCUT2D eigenvalue weighted by molar-refractivity contribution is 9.10. The lowest BCUT2D eigenvalue weighted by Gasteiger charge is -2.33. The molecule has 1 aromatic heterocycles. The molecule has 1 heterocycles. The van der Waals surface area contributed by atoms with Crippen LogP contribution in [0.1, 0.15) is 63.5 Å². The van der Waals surface area contributed by atoms with Crippen molar-refractivity contribution < 1.29 is 4.79 Å². The molecule has 0 bridgehead atoms. The Balaban J connectivity index is 2.08. The molecule has 0 spiro atoms. The minimum absolute atomic E-state index is 0.0517. The van der Waals surface area contributed by atoms with Gasteiger partial charge in [0.05, 0.1) is 0 Å². The summed E-state index contributed by atoms with van der Waals surface area (Å²) >= 11 is 3.46. The third-order valence-corrected chi connectivity index (χ3v) is 4.79. The molecular formula is C16H25BrN2O. The first-order chi connectivity index (χ1) is 9.38. The van der Waals surface area contributed by atoms with E-state index in [9.17, 15) is 4.79 Å². The Morgan fingerprint density at radius 1 is 1.40 bits per heavy atom. The van der Waals surface area contributed by atoms with Crippen LogP contribution in [0, 0.1) is 11.8 Å². The minimum atomic E-state index is 0.0517. The minimum Gasteiger partial charge on any atom is -0.348 e. The first-order valence-electron chi connectivity index (χ1n) is 7.56. The molecule has 1 amide bonds. The Bertz CT molecular complexity index is 481. The summed E-state index contributed by atoms with van der Waals surface area (Å²) in [6.45, 7) is 8.73. The number of amides is 1. The van der Waals surface area contributed by atoms with Crippen molar-refractivity contribution in [3.8, 4) is 0 Å². The zero-order valence-electron chi connectivity index (χ0n) is 12.8. The van der Waals surface area contributed by atoms with Crippen molar-refractivity contribution in [2.75, 3.05) is 0 Å². The molecule has 1 N–H and O–H groups in total. The van der Waals surface area contributed by atoms with Crippen LogP contribution < -0.4 is 5.32 Å². The zero-order chi connectivity index (χ0) is 14.9. The molecule has 20 heavy (non-hydrogen) atoms. The summed E-state index contributed by atoms with van der Waals surface area (Å²) in [4.78, 5) is 12.5. The van der Waals surface area contributed by atoms with Gasteiger partial charge in [-0.25, -0.2) is 0 Å². The Kier molecular flexibility index (Phi) is 4.95. The summed E-state index contributed by atoms with van der Waals surface area (Å²) in [6.07, 6.45) is 5.49. The van der Waals surface area contributed by atoms with Crippen LogP contribution in [-0.4, -0.2) is 16.5 Å². The van der Waals surface area contributed by atoms with Gasteiger partial charge in [0.25, 0.3) is 5.91 Å². The van der Waals surface area contributed by atoms with Gasteiger partial charge in [0.15, 0.2) is 0 Å². The molecule has 1 aliphatic rings. The van der Waals surface area contributed by atoms with Gasteiger partial charge in [-0.1, -0.05) is 13.8 Å². The van der Waals surface area contributed by atoms with E-state index in [2.05, 4.69) is 48.9 Å². The average Bonchev–Trinajstić information content (AvgIpc) is 2.75. The number of hydrogen-bond acceptors (Lipinski definition) is 1. The lowest BCUT2D eigenvalue weighted by molar-refractivity contribution is 0.0888. The maximum atomic E-state index is 12.5. The fourth-order valence-electron chi connectivity index (χ4n) is 3.18. The number of rotatable bonds is 3. The van der Waals surface area contributed by atoms with E-state index in [-0.39, 0.29) is 11.9 Å². The van der Waals surface area contributed by atoms with E-state index >= 15 is 0 Å². The first-order valence-corrected chi connectivity index (χ1v) is 8.36. The topological polar surface area (TPSA) is 34.0 Å². The van der Waals surface area contributed by atoms with Gasteiger partial charge in [-0.05, 0) is 66.9 Å². The Hall–Kier alpha value is -0.770. The van der Waals surface area contributed by atoms with Crippen molar-refractivity contribution in [3.63, 3.8) is 0 Å². The fraction of sp³-hybridized carbons (Fsp3) is 0.688. The SMILES string of the molecule is CC1CCC(NC(=O)c2cc(Br)cn2C(C)C)C(C)C1. The molecule has 1 saturated carbocycles. The second kappa shape index (κ2) is 6.33. The van der Waals surface area contributed by atoms with Crippen molar-refractivity contribution in [2.45, 2.75) is 59.0 Å². The predicted molar refractivity (Wildman–Crippen MR) is 86.0 cm³/mol. The molecule has 1 aromatic rings. The monoisotopic (exact) mass is 340 g/mol. The van der Waals surface area contributed by atoms with E-state index in [1.54, 1.807) is 0 Å². The maximum absolute atomic E-state index is 12.5. The van der Waals surface area contributed by atoms with Crippen LogP contribution in [-0.2, 0) is 0 Å². The molecule has 1 aliphatic carbocycles. The van der Waals surface area contributed by atoms with Gasteiger partial charge in [0.1, 0.15) is 5.69 Å². The third kappa shape index (κ3) is 3.46. The van der Waals surface area contributed by atoms with E-state index in [0.29, 0.717) is 12.0 Å². The highest BCUT2D eigenvalue weighted by Gasteiger charge is 2.27. The summed E-state index contributed by atoms with van der Waals surface area (Å²) in [7, 11) is 0. The number of carbonyl (C=O) groups is 1. The standard InChI is InChI=1S/C16H25BrN2O/c1-10(2)19-9-13(17)8-15(19)16(20)18-14-6-5-11(3)7-12(14)4/h8-12,14H,5-7H2,1-4H3,(H,18,20). The van der Waals surface area contributed by atoms with Gasteiger partial charge < -0.3 is 9.88 Å². The Morgan fingerprint density at radius 2 is 2.10 bits per heavy atom. The molecule has 3 atom stereocenters. The number of nitrogens with one attached hydrogen (secondary N) is 1. The van der Waals surface area contributed by atoms with E-state index in [1.807, 2.05) is 16.8 Å². The molecule has 4 heteroatoms. The van der Waals surface area contributed by atoms with Crippen molar-refractivity contribution in [1.82, 2.24) is 9.88 Å². The smallest absolute Gasteiger partial charge is 0.268 e. The van der Waals surface area contributed by atoms with Crippen LogP contribution in [0.5, 0.6) is 0 Å². The number of aromatic nitrogens is 1. The van der Waals surface area contributed by atoms with E-state index in [1.165, 1.54) is 12.8 Å². The lowest BCUT2D eigenvalue weighted by atomic mass is 9.80. The fourth-order valence-corrected chi connectivity index (χ4v) is 3.61. The molecular weight excluding hydrogens is 316 g/mol. The molecule has 112 valence electrons. The van der Waals surface area contributed by atoms with Gasteiger partial charge in [0.2, 0.25) is 0 Å². The number of nitrogens with zero attached hydrogens (tertiary/aromatic N) is 1. The van der Waals surface area contributed by atoms with Crippen LogP contribution in [0.2, 0.25) is 0 Å². The summed E-state index contributed by atoms with van der Waals surface area (Å²) in [6, 6.07) is 2.50. The summed E-state index contributed by atoms with van der Waals surface area (Å²) in [5, 5.41) is 3.23. The molecule has 3 unspecified atom stereocenters. The quantitative estimate of drug-likeness (QED) is 0.869. The molecule has 0 saturated heterocycles. The highest BCUT2D eigenvalue weighted by Crippen LogP contribution is 2.29. The van der Waals surface area contributed by atoms with Gasteiger partial charge in [0, 0.05) is 22.8 Å². The Labute approximate surface area is 130 Å². The van der Waals surface area contributed by atoms with Gasteiger partial charge in [-0.2, -0.15) is 0 Å². The molecule has 0 aliphatic heterocycles. The molecule has 1 fully saturated rings. The number of hydrogen-bond donors (Lipinski definition) is 1. The number of halogens is 1. The highest BCUT2D eigenvalue weighted by atomic mass is 79.9. The van der Waals surface area contributed by atoms with Gasteiger partial charge in [-0.3, -0.25) is 4.79 Å². The van der Waals surface area contributed by atoms with Gasteiger partial charge in [-0.15, -0.1) is 0 Å². The summed E-state index contributed by atoms with van der Waals surface area (Å²) in [5.74, 6) is 1.40. The normalized spacial score (nSPS) is 26.8. The third-order valence-electron chi connectivity index (χ3n) is 4.35. The van der Waals surface area contributed by atoms with Crippen molar-refractivity contribution in [2.24, 2.45) is 11.8 Å². The van der Waals surface area contributed by atoms with Crippen LogP contribution in [0.15, 0.2) is 16.7 Å². The predicted octanol–water partition coefficient (Wildman–Crippen LogP) is 4.39. The van der Waals surface area contributed by atoms with Gasteiger partial charge >= 0.3 is 0 Å². The van der Waals surface area contributed by atoms with Crippen molar-refractivity contribution in [3.05, 3.63) is 22.4 Å². The average molecular weight is 341 g/mol. The molecule has 3 nitrogen and oxygen atoms in total. The van der Waals surface area contributed by atoms with E-state index in [4.69, 9.17) is 0 Å². The van der Waals surface area contributed by atoms with E-state index in [0.717, 1.165) is 22.5 Å². The lowest BCUT2D eigenvalue weighted by Crippen LogP contribution is -2.43. The van der Waals surface area contributed by atoms with Crippen LogP contribution in [0.4, 0.5) is 0 Å². The summed E-state index contributed by atoms with van der Waals surface area (Å²) in [5.41, 5.74) is 0.748. The second-order valence-corrected chi connectivity index (χ2v) is 7.44. The summed E-state index contributed by atoms with van der Waals surface area (Å²) < 4.78 is 2.98. The molecule has 0 aromatic carbocycles. The first kappa shape index (κ1) is 15.6.